The molecule has 0 aromatic rings. The minimum atomic E-state index is 0. The third-order valence-corrected chi connectivity index (χ3v) is 3.84. The summed E-state index contributed by atoms with van der Waals surface area (Å²) in [6.07, 6.45) is 3.56. The van der Waals surface area contributed by atoms with Crippen LogP contribution >= 0.6 is 12.4 Å². The Balaban J connectivity index is 0.00000144. The Morgan fingerprint density at radius 2 is 1.94 bits per heavy atom. The molecule has 2 rings (SSSR count). The fraction of sp³-hybridized carbons (Fsp3) is 0.917. The average molecular weight is 262 g/mol. The molecule has 2 fully saturated rings. The molecule has 2 saturated heterocycles. The van der Waals surface area contributed by atoms with E-state index in [1.807, 2.05) is 0 Å². The number of carbonyl (C=O) groups is 1. The topological polar surface area (TPSA) is 53.2 Å². The number of halogens is 1. The molecule has 0 aliphatic carbocycles. The summed E-state index contributed by atoms with van der Waals surface area (Å²) in [5.74, 6) is 1.39. The fourth-order valence-electron chi connectivity index (χ4n) is 2.63. The molecule has 0 radical (unpaired) electrons. The monoisotopic (exact) mass is 261 g/mol. The zero-order chi connectivity index (χ0) is 11.4. The predicted molar refractivity (Wildman–Crippen MR) is 71.4 cm³/mol. The van der Waals surface area contributed by atoms with Crippen LogP contribution in [0.15, 0.2) is 0 Å². The number of nitrogens with one attached hydrogen (secondary N) is 3. The Morgan fingerprint density at radius 3 is 2.59 bits per heavy atom. The van der Waals surface area contributed by atoms with Gasteiger partial charge in [0.25, 0.3) is 0 Å². The zero-order valence-electron chi connectivity index (χ0n) is 10.5. The van der Waals surface area contributed by atoms with Crippen molar-refractivity contribution in [1.29, 1.82) is 0 Å². The molecule has 17 heavy (non-hydrogen) atoms. The highest BCUT2D eigenvalue weighted by atomic mass is 35.5. The van der Waals surface area contributed by atoms with Gasteiger partial charge in [0.2, 0.25) is 5.91 Å². The van der Waals surface area contributed by atoms with Crippen LogP contribution in [0.25, 0.3) is 0 Å². The van der Waals surface area contributed by atoms with Gasteiger partial charge in [0.1, 0.15) is 0 Å². The van der Waals surface area contributed by atoms with Crippen LogP contribution in [0.4, 0.5) is 0 Å². The molecule has 0 spiro atoms. The van der Waals surface area contributed by atoms with Crippen molar-refractivity contribution in [1.82, 2.24) is 16.0 Å². The molecule has 4 nitrogen and oxygen atoms in total. The summed E-state index contributed by atoms with van der Waals surface area (Å²) in [5.41, 5.74) is 0. The highest BCUT2D eigenvalue weighted by molar-refractivity contribution is 5.85. The second kappa shape index (κ2) is 7.19. The van der Waals surface area contributed by atoms with Gasteiger partial charge >= 0.3 is 0 Å². The summed E-state index contributed by atoms with van der Waals surface area (Å²) in [5, 5.41) is 9.75. The molecule has 2 heterocycles. The smallest absolute Gasteiger partial charge is 0.237 e. The molecule has 0 bridgehead atoms. The second-order valence-electron chi connectivity index (χ2n) is 5.14. The second-order valence-corrected chi connectivity index (χ2v) is 5.14. The van der Waals surface area contributed by atoms with Crippen molar-refractivity contribution in [2.75, 3.05) is 26.2 Å². The van der Waals surface area contributed by atoms with Gasteiger partial charge in [0, 0.05) is 6.54 Å². The molecular weight excluding hydrogens is 238 g/mol. The Hall–Kier alpha value is -0.320. The minimum absolute atomic E-state index is 0. The molecule has 2 aliphatic heterocycles. The summed E-state index contributed by atoms with van der Waals surface area (Å²) < 4.78 is 0. The Labute approximate surface area is 110 Å². The van der Waals surface area contributed by atoms with Crippen LogP contribution < -0.4 is 16.0 Å². The molecule has 0 aromatic carbocycles. The van der Waals surface area contributed by atoms with Crippen LogP contribution in [-0.2, 0) is 4.79 Å². The van der Waals surface area contributed by atoms with E-state index in [-0.39, 0.29) is 24.4 Å². The van der Waals surface area contributed by atoms with Crippen LogP contribution in [0.1, 0.15) is 26.2 Å². The number of rotatable bonds is 3. The van der Waals surface area contributed by atoms with Crippen LogP contribution in [-0.4, -0.2) is 38.1 Å². The quantitative estimate of drug-likeness (QED) is 0.695. The number of hydrogen-bond acceptors (Lipinski definition) is 3. The van der Waals surface area contributed by atoms with Crippen molar-refractivity contribution in [3.63, 3.8) is 0 Å². The maximum absolute atomic E-state index is 11.7. The van der Waals surface area contributed by atoms with Crippen molar-refractivity contribution in [3.8, 4) is 0 Å². The van der Waals surface area contributed by atoms with Gasteiger partial charge in [-0.25, -0.2) is 0 Å². The van der Waals surface area contributed by atoms with E-state index in [4.69, 9.17) is 0 Å². The van der Waals surface area contributed by atoms with Crippen LogP contribution in [0, 0.1) is 11.8 Å². The lowest BCUT2D eigenvalue weighted by Crippen LogP contribution is -2.54. The van der Waals surface area contributed by atoms with E-state index in [2.05, 4.69) is 22.9 Å². The van der Waals surface area contributed by atoms with Gasteiger partial charge in [-0.2, -0.15) is 0 Å². The Kier molecular flexibility index (Phi) is 6.23. The molecule has 1 amide bonds. The average Bonchev–Trinajstić information content (AvgIpc) is 2.30. The number of carbonyl (C=O) groups excluding carboxylic acids is 1. The molecule has 0 aromatic heterocycles. The van der Waals surface area contributed by atoms with Gasteiger partial charge in [0.15, 0.2) is 0 Å². The Bertz CT molecular complexity index is 244. The van der Waals surface area contributed by atoms with E-state index in [0.29, 0.717) is 5.92 Å². The third kappa shape index (κ3) is 4.12. The molecule has 2 unspecified atom stereocenters. The summed E-state index contributed by atoms with van der Waals surface area (Å²) in [4.78, 5) is 11.7. The molecule has 2 aliphatic rings. The van der Waals surface area contributed by atoms with Gasteiger partial charge in [-0.05, 0) is 50.7 Å². The number of amides is 1. The number of hydrogen-bond donors (Lipinski definition) is 3. The lowest BCUT2D eigenvalue weighted by atomic mass is 9.92. The first kappa shape index (κ1) is 14.7. The van der Waals surface area contributed by atoms with E-state index < -0.39 is 0 Å². The van der Waals surface area contributed by atoms with Gasteiger partial charge < -0.3 is 16.0 Å². The highest BCUT2D eigenvalue weighted by Crippen LogP contribution is 2.15. The normalized spacial score (nSPS) is 30.5. The largest absolute Gasteiger partial charge is 0.355 e. The lowest BCUT2D eigenvalue weighted by Gasteiger charge is -2.31. The summed E-state index contributed by atoms with van der Waals surface area (Å²) in [7, 11) is 0. The third-order valence-electron chi connectivity index (χ3n) is 3.84. The standard InChI is InChI=1S/C12H23N3O.ClH/c1-9-2-7-14-12(16)11(9)15-8-10-3-5-13-6-4-10;/h9-11,13,15H,2-8H2,1H3,(H,14,16);1H. The molecule has 0 saturated carbocycles. The van der Waals surface area contributed by atoms with Gasteiger partial charge in [-0.1, -0.05) is 6.92 Å². The molecule has 100 valence electrons. The van der Waals surface area contributed by atoms with Gasteiger partial charge in [0.05, 0.1) is 6.04 Å². The first-order valence-corrected chi connectivity index (χ1v) is 6.49. The summed E-state index contributed by atoms with van der Waals surface area (Å²) in [6, 6.07) is 0.0311. The van der Waals surface area contributed by atoms with Crippen molar-refractivity contribution in [2.24, 2.45) is 11.8 Å². The fourth-order valence-corrected chi connectivity index (χ4v) is 2.63. The molecule has 2 atom stereocenters. The maximum atomic E-state index is 11.7. The molecule has 5 heteroatoms. The first-order chi connectivity index (χ1) is 7.77. The number of piperidine rings is 2. The van der Waals surface area contributed by atoms with Crippen LogP contribution in [0.2, 0.25) is 0 Å². The van der Waals surface area contributed by atoms with E-state index in [9.17, 15) is 4.79 Å². The first-order valence-electron chi connectivity index (χ1n) is 6.49. The van der Waals surface area contributed by atoms with Crippen LogP contribution in [0.5, 0.6) is 0 Å². The van der Waals surface area contributed by atoms with E-state index in [0.717, 1.165) is 38.5 Å². The SMILES string of the molecule is CC1CCNC(=O)C1NCC1CCNCC1.Cl. The highest BCUT2D eigenvalue weighted by Gasteiger charge is 2.28. The zero-order valence-corrected chi connectivity index (χ0v) is 11.3. The van der Waals surface area contributed by atoms with E-state index in [1.54, 1.807) is 0 Å². The van der Waals surface area contributed by atoms with Crippen LogP contribution in [0.3, 0.4) is 0 Å². The van der Waals surface area contributed by atoms with Gasteiger partial charge in [-0.15, -0.1) is 12.4 Å². The minimum Gasteiger partial charge on any atom is -0.355 e. The van der Waals surface area contributed by atoms with E-state index in [1.165, 1.54) is 12.8 Å². The predicted octanol–water partition coefficient (Wildman–Crippen LogP) is 0.522. The van der Waals surface area contributed by atoms with Crippen molar-refractivity contribution < 1.29 is 4.79 Å². The lowest BCUT2D eigenvalue weighted by molar-refractivity contribution is -0.126. The van der Waals surface area contributed by atoms with Crippen molar-refractivity contribution in [3.05, 3.63) is 0 Å². The maximum Gasteiger partial charge on any atom is 0.237 e. The molecule has 3 N–H and O–H groups in total. The van der Waals surface area contributed by atoms with Crippen molar-refractivity contribution >= 4 is 18.3 Å². The summed E-state index contributed by atoms with van der Waals surface area (Å²) in [6.45, 7) is 6.24. The summed E-state index contributed by atoms with van der Waals surface area (Å²) >= 11 is 0. The van der Waals surface area contributed by atoms with Crippen molar-refractivity contribution in [2.45, 2.75) is 32.2 Å². The Morgan fingerprint density at radius 1 is 1.24 bits per heavy atom. The van der Waals surface area contributed by atoms with E-state index >= 15 is 0 Å². The molecular formula is C12H24ClN3O. The van der Waals surface area contributed by atoms with Gasteiger partial charge in [-0.3, -0.25) is 4.79 Å².